The maximum Gasteiger partial charge on any atom is 0.228 e. The number of likely N-dealkylation sites (tertiary alicyclic amines) is 1. The van der Waals surface area contributed by atoms with Crippen molar-refractivity contribution >= 4 is 27.7 Å². The van der Waals surface area contributed by atoms with E-state index in [0.29, 0.717) is 5.82 Å². The molecule has 0 spiro atoms. The van der Waals surface area contributed by atoms with Gasteiger partial charge in [-0.15, -0.1) is 0 Å². The number of carbonyl (C=O) groups is 1. The summed E-state index contributed by atoms with van der Waals surface area (Å²) in [6.45, 7) is 2.86. The minimum atomic E-state index is 0.0816. The topological polar surface area (TPSA) is 45.2 Å². The summed E-state index contributed by atoms with van der Waals surface area (Å²) in [6.07, 6.45) is 3.49. The van der Waals surface area contributed by atoms with Crippen LogP contribution in [0.3, 0.4) is 0 Å². The van der Waals surface area contributed by atoms with Crippen LogP contribution in [0.2, 0.25) is 0 Å². The van der Waals surface area contributed by atoms with Crippen molar-refractivity contribution < 1.29 is 4.79 Å². The molecule has 2 aromatic rings. The van der Waals surface area contributed by atoms with Crippen molar-refractivity contribution in [3.05, 3.63) is 58.7 Å². The number of pyridine rings is 1. The first kappa shape index (κ1) is 16.1. The molecule has 1 fully saturated rings. The SMILES string of the molecule is O=C(Nc1ccccn1)C1CCN(Cc2ccc(Br)cc2)CC1. The highest BCUT2D eigenvalue weighted by molar-refractivity contribution is 9.10. The summed E-state index contributed by atoms with van der Waals surface area (Å²) in [4.78, 5) is 18.9. The molecule has 2 heterocycles. The van der Waals surface area contributed by atoms with Crippen LogP contribution in [-0.2, 0) is 11.3 Å². The minimum absolute atomic E-state index is 0.0816. The van der Waals surface area contributed by atoms with E-state index in [1.807, 2.05) is 18.2 Å². The van der Waals surface area contributed by atoms with Gasteiger partial charge in [0.05, 0.1) is 0 Å². The van der Waals surface area contributed by atoms with Crippen LogP contribution in [0.4, 0.5) is 5.82 Å². The van der Waals surface area contributed by atoms with Gasteiger partial charge in [-0.2, -0.15) is 0 Å². The van der Waals surface area contributed by atoms with E-state index in [1.165, 1.54) is 5.56 Å². The van der Waals surface area contributed by atoms with Gasteiger partial charge in [0.1, 0.15) is 5.82 Å². The largest absolute Gasteiger partial charge is 0.310 e. The highest BCUT2D eigenvalue weighted by Crippen LogP contribution is 2.21. The standard InChI is InChI=1S/C18H20BrN3O/c19-16-6-4-14(5-7-16)13-22-11-8-15(9-12-22)18(23)21-17-3-1-2-10-20-17/h1-7,10,15H,8-9,11-13H2,(H,20,21,23). The zero-order valence-corrected chi connectivity index (χ0v) is 14.5. The summed E-state index contributed by atoms with van der Waals surface area (Å²) >= 11 is 3.46. The fourth-order valence-corrected chi connectivity index (χ4v) is 3.13. The van der Waals surface area contributed by atoms with Crippen molar-refractivity contribution in [2.45, 2.75) is 19.4 Å². The Morgan fingerprint density at radius 2 is 1.91 bits per heavy atom. The van der Waals surface area contributed by atoms with Gasteiger partial charge in [-0.3, -0.25) is 9.69 Å². The monoisotopic (exact) mass is 373 g/mol. The average Bonchev–Trinajstić information content (AvgIpc) is 2.58. The summed E-state index contributed by atoms with van der Waals surface area (Å²) < 4.78 is 1.10. The van der Waals surface area contributed by atoms with Gasteiger partial charge in [-0.25, -0.2) is 4.98 Å². The minimum Gasteiger partial charge on any atom is -0.310 e. The maximum atomic E-state index is 12.3. The molecule has 1 aliphatic rings. The molecule has 3 rings (SSSR count). The number of halogens is 1. The van der Waals surface area contributed by atoms with Crippen molar-refractivity contribution in [1.29, 1.82) is 0 Å². The van der Waals surface area contributed by atoms with Crippen LogP contribution in [0.25, 0.3) is 0 Å². The lowest BCUT2D eigenvalue weighted by atomic mass is 9.95. The highest BCUT2D eigenvalue weighted by Gasteiger charge is 2.25. The van der Waals surface area contributed by atoms with E-state index in [4.69, 9.17) is 0 Å². The normalized spacial score (nSPS) is 16.2. The van der Waals surface area contributed by atoms with E-state index >= 15 is 0 Å². The molecule has 5 heteroatoms. The van der Waals surface area contributed by atoms with Crippen LogP contribution >= 0.6 is 15.9 Å². The number of carbonyl (C=O) groups excluding carboxylic acids is 1. The van der Waals surface area contributed by atoms with E-state index in [2.05, 4.69) is 55.4 Å². The van der Waals surface area contributed by atoms with Gasteiger partial charge in [0.25, 0.3) is 0 Å². The third-order valence-electron chi connectivity index (χ3n) is 4.19. The van der Waals surface area contributed by atoms with Crippen LogP contribution in [0.5, 0.6) is 0 Å². The lowest BCUT2D eigenvalue weighted by Crippen LogP contribution is -2.37. The number of aromatic nitrogens is 1. The summed E-state index contributed by atoms with van der Waals surface area (Å²) in [7, 11) is 0. The lowest BCUT2D eigenvalue weighted by molar-refractivity contribution is -0.121. The van der Waals surface area contributed by atoms with Crippen LogP contribution in [-0.4, -0.2) is 28.9 Å². The van der Waals surface area contributed by atoms with E-state index in [1.54, 1.807) is 6.20 Å². The molecule has 0 atom stereocenters. The number of nitrogens with one attached hydrogen (secondary N) is 1. The summed E-state index contributed by atoms with van der Waals surface area (Å²) in [5.74, 6) is 0.806. The fourth-order valence-electron chi connectivity index (χ4n) is 2.87. The van der Waals surface area contributed by atoms with E-state index in [9.17, 15) is 4.79 Å². The molecular formula is C18H20BrN3O. The van der Waals surface area contributed by atoms with Gasteiger partial charge in [-0.05, 0) is 55.8 Å². The molecule has 23 heavy (non-hydrogen) atoms. The number of benzene rings is 1. The molecular weight excluding hydrogens is 354 g/mol. The van der Waals surface area contributed by atoms with E-state index in [0.717, 1.165) is 36.9 Å². The number of rotatable bonds is 4. The van der Waals surface area contributed by atoms with Crippen LogP contribution in [0, 0.1) is 5.92 Å². The molecule has 0 aliphatic carbocycles. The number of amides is 1. The molecule has 4 nitrogen and oxygen atoms in total. The molecule has 0 unspecified atom stereocenters. The molecule has 1 aromatic carbocycles. The molecule has 1 aliphatic heterocycles. The molecule has 1 amide bonds. The number of nitrogens with zero attached hydrogens (tertiary/aromatic N) is 2. The quantitative estimate of drug-likeness (QED) is 0.888. The maximum absolute atomic E-state index is 12.3. The predicted octanol–water partition coefficient (Wildman–Crippen LogP) is 3.69. The number of hydrogen-bond donors (Lipinski definition) is 1. The van der Waals surface area contributed by atoms with Gasteiger partial charge < -0.3 is 5.32 Å². The first-order valence-corrected chi connectivity index (χ1v) is 8.69. The van der Waals surface area contributed by atoms with Crippen LogP contribution < -0.4 is 5.32 Å². The summed E-state index contributed by atoms with van der Waals surface area (Å²) in [5.41, 5.74) is 1.31. The van der Waals surface area contributed by atoms with Crippen molar-refractivity contribution in [2.24, 2.45) is 5.92 Å². The second kappa shape index (κ2) is 7.70. The first-order chi connectivity index (χ1) is 11.2. The number of piperidine rings is 1. The number of anilines is 1. The van der Waals surface area contributed by atoms with Crippen molar-refractivity contribution in [3.63, 3.8) is 0 Å². The average molecular weight is 374 g/mol. The van der Waals surface area contributed by atoms with Gasteiger partial charge in [0, 0.05) is 23.1 Å². The van der Waals surface area contributed by atoms with Gasteiger partial charge in [-0.1, -0.05) is 34.1 Å². The van der Waals surface area contributed by atoms with Gasteiger partial charge in [0.15, 0.2) is 0 Å². The summed E-state index contributed by atoms with van der Waals surface area (Å²) in [6, 6.07) is 14.0. The molecule has 1 saturated heterocycles. The fraction of sp³-hybridized carbons (Fsp3) is 0.333. The first-order valence-electron chi connectivity index (χ1n) is 7.89. The molecule has 0 radical (unpaired) electrons. The lowest BCUT2D eigenvalue weighted by Gasteiger charge is -2.31. The third-order valence-corrected chi connectivity index (χ3v) is 4.72. The Balaban J connectivity index is 1.48. The van der Waals surface area contributed by atoms with Crippen molar-refractivity contribution in [3.8, 4) is 0 Å². The Morgan fingerprint density at radius 3 is 2.57 bits per heavy atom. The van der Waals surface area contributed by atoms with Crippen molar-refractivity contribution in [2.75, 3.05) is 18.4 Å². The molecule has 1 N–H and O–H groups in total. The van der Waals surface area contributed by atoms with E-state index < -0.39 is 0 Å². The highest BCUT2D eigenvalue weighted by atomic mass is 79.9. The second-order valence-electron chi connectivity index (χ2n) is 5.88. The molecule has 0 saturated carbocycles. The Hall–Kier alpha value is -1.72. The Kier molecular flexibility index (Phi) is 5.41. The van der Waals surface area contributed by atoms with E-state index in [-0.39, 0.29) is 11.8 Å². The molecule has 1 aromatic heterocycles. The van der Waals surface area contributed by atoms with Crippen LogP contribution in [0.15, 0.2) is 53.1 Å². The third kappa shape index (κ3) is 4.62. The zero-order valence-electron chi connectivity index (χ0n) is 12.9. The van der Waals surface area contributed by atoms with Crippen LogP contribution in [0.1, 0.15) is 18.4 Å². The Bertz CT molecular complexity index is 637. The smallest absolute Gasteiger partial charge is 0.228 e. The van der Waals surface area contributed by atoms with Gasteiger partial charge >= 0.3 is 0 Å². The predicted molar refractivity (Wildman–Crippen MR) is 95.0 cm³/mol. The van der Waals surface area contributed by atoms with Crippen molar-refractivity contribution in [1.82, 2.24) is 9.88 Å². The molecule has 120 valence electrons. The second-order valence-corrected chi connectivity index (χ2v) is 6.80. The number of hydrogen-bond acceptors (Lipinski definition) is 3. The Morgan fingerprint density at radius 1 is 1.17 bits per heavy atom. The summed E-state index contributed by atoms with van der Waals surface area (Å²) in [5, 5.41) is 2.91. The van der Waals surface area contributed by atoms with Gasteiger partial charge in [0.2, 0.25) is 5.91 Å². The zero-order chi connectivity index (χ0) is 16.1. The Labute approximate surface area is 145 Å². The molecule has 0 bridgehead atoms.